The number of rotatable bonds is 3. The van der Waals surface area contributed by atoms with Crippen LogP contribution in [0, 0.1) is 23.7 Å². The van der Waals surface area contributed by atoms with Crippen molar-refractivity contribution in [3.8, 4) is 0 Å². The van der Waals surface area contributed by atoms with Crippen LogP contribution in [0.1, 0.15) is 41.5 Å². The Morgan fingerprint density at radius 3 is 2.06 bits per heavy atom. The van der Waals surface area contributed by atoms with Crippen LogP contribution in [-0.4, -0.2) is 6.29 Å². The summed E-state index contributed by atoms with van der Waals surface area (Å²) < 4.78 is 0. The van der Waals surface area contributed by atoms with Crippen LogP contribution in [0.2, 0.25) is 0 Å². The van der Waals surface area contributed by atoms with Crippen LogP contribution in [0.15, 0.2) is 22.8 Å². The van der Waals surface area contributed by atoms with Gasteiger partial charge in [-0.05, 0) is 47.8 Å². The second-order valence-corrected chi connectivity index (χ2v) is 5.55. The summed E-state index contributed by atoms with van der Waals surface area (Å²) >= 11 is 0. The van der Waals surface area contributed by atoms with Crippen LogP contribution in [-0.2, 0) is 4.79 Å². The lowest BCUT2D eigenvalue weighted by Gasteiger charge is -2.26. The molecular weight excluding hydrogens is 196 g/mol. The molecule has 0 aromatic carbocycles. The second kappa shape index (κ2) is 4.99. The van der Waals surface area contributed by atoms with E-state index in [0.29, 0.717) is 23.7 Å². The molecule has 0 amide bonds. The number of carbonyl (C=O) groups excluding carboxylic acids is 1. The minimum absolute atomic E-state index is 0.489. The summed E-state index contributed by atoms with van der Waals surface area (Å²) in [6.45, 7) is 13.5. The number of hydrogen-bond acceptors (Lipinski definition) is 1. The Bertz CT molecular complexity index is 331. The SMILES string of the molecule is CC1=C(C(C)C)[C@@H](C(C)C)[C@H](C)/C1=C\C=O. The van der Waals surface area contributed by atoms with E-state index in [9.17, 15) is 4.79 Å². The van der Waals surface area contributed by atoms with Gasteiger partial charge < -0.3 is 0 Å². The third kappa shape index (κ3) is 2.14. The fraction of sp³-hybridized carbons (Fsp3) is 0.667. The minimum atomic E-state index is 0.489. The Balaban J connectivity index is 3.25. The molecule has 16 heavy (non-hydrogen) atoms. The lowest BCUT2D eigenvalue weighted by Crippen LogP contribution is -2.18. The van der Waals surface area contributed by atoms with Gasteiger partial charge in [0.05, 0.1) is 0 Å². The molecule has 2 atom stereocenters. The number of allylic oxidation sites excluding steroid dienone is 4. The highest BCUT2D eigenvalue weighted by Crippen LogP contribution is 2.47. The van der Waals surface area contributed by atoms with Crippen molar-refractivity contribution < 1.29 is 4.79 Å². The summed E-state index contributed by atoms with van der Waals surface area (Å²) in [5.41, 5.74) is 4.15. The Hall–Kier alpha value is -0.850. The van der Waals surface area contributed by atoms with E-state index in [1.165, 1.54) is 11.1 Å². The monoisotopic (exact) mass is 220 g/mol. The van der Waals surface area contributed by atoms with Crippen molar-refractivity contribution in [2.45, 2.75) is 41.5 Å². The van der Waals surface area contributed by atoms with E-state index in [1.54, 1.807) is 11.6 Å². The molecule has 0 saturated heterocycles. The van der Waals surface area contributed by atoms with Gasteiger partial charge in [0.1, 0.15) is 6.29 Å². The first-order valence-electron chi connectivity index (χ1n) is 6.28. The molecule has 1 aliphatic carbocycles. The molecule has 1 aliphatic rings. The first kappa shape index (κ1) is 13.2. The average molecular weight is 220 g/mol. The number of carbonyl (C=O) groups is 1. The Morgan fingerprint density at radius 1 is 1.19 bits per heavy atom. The fourth-order valence-corrected chi connectivity index (χ4v) is 3.33. The molecule has 0 saturated carbocycles. The molecule has 0 spiro atoms. The molecule has 0 aromatic rings. The van der Waals surface area contributed by atoms with Crippen molar-refractivity contribution in [1.82, 2.24) is 0 Å². The van der Waals surface area contributed by atoms with Crippen molar-refractivity contribution in [1.29, 1.82) is 0 Å². The largest absolute Gasteiger partial charge is 0.299 e. The van der Waals surface area contributed by atoms with E-state index in [0.717, 1.165) is 6.29 Å². The van der Waals surface area contributed by atoms with Crippen molar-refractivity contribution in [2.75, 3.05) is 0 Å². The summed E-state index contributed by atoms with van der Waals surface area (Å²) in [6, 6.07) is 0. The molecule has 0 unspecified atom stereocenters. The topological polar surface area (TPSA) is 17.1 Å². The highest BCUT2D eigenvalue weighted by atomic mass is 16.1. The smallest absolute Gasteiger partial charge is 0.143 e. The quantitative estimate of drug-likeness (QED) is 0.519. The highest BCUT2D eigenvalue weighted by molar-refractivity contribution is 5.69. The predicted molar refractivity (Wildman–Crippen MR) is 69.2 cm³/mol. The lowest BCUT2D eigenvalue weighted by molar-refractivity contribution is -0.104. The molecule has 0 radical (unpaired) electrons. The number of hydrogen-bond donors (Lipinski definition) is 0. The third-order valence-electron chi connectivity index (χ3n) is 3.84. The van der Waals surface area contributed by atoms with Gasteiger partial charge in [-0.3, -0.25) is 4.79 Å². The highest BCUT2D eigenvalue weighted by Gasteiger charge is 2.36. The van der Waals surface area contributed by atoms with Gasteiger partial charge in [-0.15, -0.1) is 0 Å². The van der Waals surface area contributed by atoms with E-state index in [4.69, 9.17) is 0 Å². The second-order valence-electron chi connectivity index (χ2n) is 5.55. The van der Waals surface area contributed by atoms with Crippen LogP contribution in [0.3, 0.4) is 0 Å². The van der Waals surface area contributed by atoms with Gasteiger partial charge in [0.25, 0.3) is 0 Å². The van der Waals surface area contributed by atoms with Crippen molar-refractivity contribution in [2.24, 2.45) is 23.7 Å². The molecule has 0 aliphatic heterocycles. The zero-order valence-corrected chi connectivity index (χ0v) is 11.4. The lowest BCUT2D eigenvalue weighted by atomic mass is 9.78. The predicted octanol–water partition coefficient (Wildman–Crippen LogP) is 4.01. The van der Waals surface area contributed by atoms with E-state index in [2.05, 4.69) is 41.5 Å². The number of aldehydes is 1. The van der Waals surface area contributed by atoms with E-state index < -0.39 is 0 Å². The zero-order valence-electron chi connectivity index (χ0n) is 11.4. The standard InChI is InChI=1S/C15H24O/c1-9(2)14-11(5)13(7-8-16)12(6)15(14)10(3)4/h7-11,14H,1-6H3/b13-7+/t11-,14+/m1/s1. The maximum atomic E-state index is 10.7. The van der Waals surface area contributed by atoms with E-state index in [-0.39, 0.29) is 0 Å². The van der Waals surface area contributed by atoms with Gasteiger partial charge in [0.2, 0.25) is 0 Å². The summed E-state index contributed by atoms with van der Waals surface area (Å²) in [5.74, 6) is 2.31. The van der Waals surface area contributed by atoms with Crippen LogP contribution < -0.4 is 0 Å². The van der Waals surface area contributed by atoms with Gasteiger partial charge in [-0.25, -0.2) is 0 Å². The first-order chi connectivity index (χ1) is 7.41. The molecule has 90 valence electrons. The normalized spacial score (nSPS) is 28.6. The molecule has 1 nitrogen and oxygen atoms in total. The molecular formula is C15H24O. The van der Waals surface area contributed by atoms with Crippen LogP contribution in [0.25, 0.3) is 0 Å². The molecule has 1 heteroatoms. The van der Waals surface area contributed by atoms with Crippen molar-refractivity contribution in [3.63, 3.8) is 0 Å². The Morgan fingerprint density at radius 2 is 1.75 bits per heavy atom. The summed E-state index contributed by atoms with van der Waals surface area (Å²) in [6.07, 6.45) is 2.68. The fourth-order valence-electron chi connectivity index (χ4n) is 3.33. The molecule has 1 rings (SSSR count). The van der Waals surface area contributed by atoms with Gasteiger partial charge in [-0.2, -0.15) is 0 Å². The van der Waals surface area contributed by atoms with Gasteiger partial charge in [-0.1, -0.05) is 40.2 Å². The molecule has 0 aromatic heterocycles. The van der Waals surface area contributed by atoms with Gasteiger partial charge >= 0.3 is 0 Å². The first-order valence-corrected chi connectivity index (χ1v) is 6.28. The van der Waals surface area contributed by atoms with Crippen molar-refractivity contribution in [3.05, 3.63) is 22.8 Å². The third-order valence-corrected chi connectivity index (χ3v) is 3.84. The van der Waals surface area contributed by atoms with Gasteiger partial charge in [0.15, 0.2) is 0 Å². The summed E-state index contributed by atoms with van der Waals surface area (Å²) in [7, 11) is 0. The Labute approximate surface area is 99.6 Å². The molecule has 0 fully saturated rings. The van der Waals surface area contributed by atoms with Crippen LogP contribution in [0.4, 0.5) is 0 Å². The Kier molecular flexibility index (Phi) is 4.12. The maximum absolute atomic E-state index is 10.7. The van der Waals surface area contributed by atoms with E-state index in [1.807, 2.05) is 0 Å². The molecule has 0 bridgehead atoms. The zero-order chi connectivity index (χ0) is 12.5. The summed E-state index contributed by atoms with van der Waals surface area (Å²) in [4.78, 5) is 10.7. The average Bonchev–Trinajstić information content (AvgIpc) is 2.42. The van der Waals surface area contributed by atoms with Crippen LogP contribution in [0.5, 0.6) is 0 Å². The molecule has 0 heterocycles. The van der Waals surface area contributed by atoms with Gasteiger partial charge in [0, 0.05) is 0 Å². The molecule has 0 N–H and O–H groups in total. The summed E-state index contributed by atoms with van der Waals surface area (Å²) in [5, 5.41) is 0. The van der Waals surface area contributed by atoms with E-state index >= 15 is 0 Å². The maximum Gasteiger partial charge on any atom is 0.143 e. The van der Waals surface area contributed by atoms with Crippen LogP contribution >= 0.6 is 0 Å². The minimum Gasteiger partial charge on any atom is -0.299 e. The van der Waals surface area contributed by atoms with Crippen molar-refractivity contribution >= 4 is 6.29 Å².